The molecule has 0 bridgehead atoms. The van der Waals surface area contributed by atoms with Crippen molar-refractivity contribution < 1.29 is 0 Å². The second-order valence-corrected chi connectivity index (χ2v) is 14.4. The molecular formula is C54H36N6. The van der Waals surface area contributed by atoms with Gasteiger partial charge in [0, 0.05) is 50.1 Å². The Balaban J connectivity index is 1.24. The highest BCUT2D eigenvalue weighted by molar-refractivity contribution is 5.81. The van der Waals surface area contributed by atoms with Gasteiger partial charge in [0.2, 0.25) is 0 Å². The fourth-order valence-electron chi connectivity index (χ4n) is 7.28. The SMILES string of the molecule is c1ccc(-c2cc(-c3ccccc3)nc(-c3cc(-c4nc(-c5ccccc5)cc(-c5ccccc5)n4)cc(-c4nc(-c5ccccc5)cc(-c5ccccc5)n4)c3)n2)cc1. The fourth-order valence-corrected chi connectivity index (χ4v) is 7.28. The predicted molar refractivity (Wildman–Crippen MR) is 242 cm³/mol. The number of nitrogens with zero attached hydrogens (tertiary/aromatic N) is 6. The van der Waals surface area contributed by atoms with Crippen molar-refractivity contribution in [2.75, 3.05) is 0 Å². The molecule has 0 unspecified atom stereocenters. The lowest BCUT2D eigenvalue weighted by molar-refractivity contribution is 1.16. The summed E-state index contributed by atoms with van der Waals surface area (Å²) < 4.78 is 0. The summed E-state index contributed by atoms with van der Waals surface area (Å²) in [6, 6.07) is 73.7. The van der Waals surface area contributed by atoms with Crippen LogP contribution in [0.2, 0.25) is 0 Å². The molecule has 0 aliphatic heterocycles. The molecule has 0 radical (unpaired) electrons. The molecule has 0 aliphatic rings. The molecule has 282 valence electrons. The van der Waals surface area contributed by atoms with Gasteiger partial charge in [-0.15, -0.1) is 0 Å². The minimum atomic E-state index is 0.559. The van der Waals surface area contributed by atoms with Crippen molar-refractivity contribution in [1.82, 2.24) is 29.9 Å². The Hall–Kier alpha value is -8.22. The maximum absolute atomic E-state index is 5.24. The number of rotatable bonds is 9. The van der Waals surface area contributed by atoms with Crippen LogP contribution in [0, 0.1) is 0 Å². The zero-order chi connectivity index (χ0) is 40.1. The van der Waals surface area contributed by atoms with E-state index in [1.54, 1.807) is 0 Å². The van der Waals surface area contributed by atoms with E-state index in [9.17, 15) is 0 Å². The third-order valence-corrected chi connectivity index (χ3v) is 10.3. The molecule has 0 fully saturated rings. The summed E-state index contributed by atoms with van der Waals surface area (Å²) in [6.07, 6.45) is 0. The quantitative estimate of drug-likeness (QED) is 0.145. The molecule has 6 heteroatoms. The van der Waals surface area contributed by atoms with E-state index in [-0.39, 0.29) is 0 Å². The standard InChI is InChI=1S/C54H36N6/c1-7-19-37(20-8-1)46-34-47(38-21-9-2-10-22-38)56-52(55-46)43-31-44(53-57-48(39-23-11-3-12-24-39)35-49(58-53)40-25-13-4-14-26-40)33-45(32-43)54-59-50(41-27-15-5-16-28-41)36-51(60-54)42-29-17-6-18-30-42/h1-36H. The smallest absolute Gasteiger partial charge is 0.160 e. The molecule has 7 aromatic carbocycles. The van der Waals surface area contributed by atoms with E-state index in [2.05, 4.69) is 109 Å². The zero-order valence-corrected chi connectivity index (χ0v) is 32.5. The van der Waals surface area contributed by atoms with Crippen LogP contribution >= 0.6 is 0 Å². The Bertz CT molecular complexity index is 2530. The highest BCUT2D eigenvalue weighted by atomic mass is 14.9. The van der Waals surface area contributed by atoms with Crippen LogP contribution in [0.4, 0.5) is 0 Å². The van der Waals surface area contributed by atoms with Crippen LogP contribution in [-0.2, 0) is 0 Å². The Morgan fingerprint density at radius 3 is 0.500 bits per heavy atom. The van der Waals surface area contributed by atoms with E-state index >= 15 is 0 Å². The van der Waals surface area contributed by atoms with E-state index in [4.69, 9.17) is 29.9 Å². The molecule has 10 aromatic rings. The van der Waals surface area contributed by atoms with Gasteiger partial charge in [-0.3, -0.25) is 0 Å². The van der Waals surface area contributed by atoms with Crippen LogP contribution in [0.3, 0.4) is 0 Å². The number of benzene rings is 7. The highest BCUT2D eigenvalue weighted by Gasteiger charge is 2.19. The third kappa shape index (κ3) is 7.73. The Morgan fingerprint density at radius 1 is 0.167 bits per heavy atom. The summed E-state index contributed by atoms with van der Waals surface area (Å²) in [7, 11) is 0. The second-order valence-electron chi connectivity index (χ2n) is 14.4. The number of aromatic nitrogens is 6. The van der Waals surface area contributed by atoms with Crippen LogP contribution in [-0.4, -0.2) is 29.9 Å². The fraction of sp³-hybridized carbons (Fsp3) is 0. The Morgan fingerprint density at radius 2 is 0.333 bits per heavy atom. The first-order valence-corrected chi connectivity index (χ1v) is 19.9. The molecule has 0 atom stereocenters. The molecule has 0 aliphatic carbocycles. The van der Waals surface area contributed by atoms with Gasteiger partial charge in [-0.1, -0.05) is 182 Å². The van der Waals surface area contributed by atoms with Gasteiger partial charge in [0.05, 0.1) is 34.2 Å². The average molecular weight is 769 g/mol. The monoisotopic (exact) mass is 768 g/mol. The Labute approximate surface area is 348 Å². The van der Waals surface area contributed by atoms with E-state index in [0.717, 1.165) is 84.2 Å². The molecular weight excluding hydrogens is 733 g/mol. The van der Waals surface area contributed by atoms with Crippen molar-refractivity contribution in [1.29, 1.82) is 0 Å². The molecule has 6 nitrogen and oxygen atoms in total. The van der Waals surface area contributed by atoms with Crippen LogP contribution in [0.5, 0.6) is 0 Å². The van der Waals surface area contributed by atoms with Crippen molar-refractivity contribution in [2.45, 2.75) is 0 Å². The van der Waals surface area contributed by atoms with Gasteiger partial charge in [-0.2, -0.15) is 0 Å². The second kappa shape index (κ2) is 16.3. The lowest BCUT2D eigenvalue weighted by Crippen LogP contribution is -2.00. The summed E-state index contributed by atoms with van der Waals surface area (Å²) in [5, 5.41) is 0. The zero-order valence-electron chi connectivity index (χ0n) is 32.5. The van der Waals surface area contributed by atoms with Crippen molar-refractivity contribution in [3.63, 3.8) is 0 Å². The summed E-state index contributed by atoms with van der Waals surface area (Å²) in [5.74, 6) is 1.68. The first-order valence-electron chi connectivity index (χ1n) is 19.9. The van der Waals surface area contributed by atoms with Gasteiger partial charge in [-0.05, 0) is 36.4 Å². The van der Waals surface area contributed by atoms with Crippen LogP contribution in [0.25, 0.3) is 102 Å². The molecule has 0 amide bonds. The maximum Gasteiger partial charge on any atom is 0.160 e. The minimum absolute atomic E-state index is 0.559. The normalized spacial score (nSPS) is 11.0. The van der Waals surface area contributed by atoms with Crippen molar-refractivity contribution in [2.24, 2.45) is 0 Å². The summed E-state index contributed by atoms with van der Waals surface area (Å²) in [6.45, 7) is 0. The van der Waals surface area contributed by atoms with Crippen molar-refractivity contribution in [3.05, 3.63) is 218 Å². The van der Waals surface area contributed by atoms with Crippen molar-refractivity contribution in [3.8, 4) is 102 Å². The van der Waals surface area contributed by atoms with Gasteiger partial charge in [-0.25, -0.2) is 29.9 Å². The molecule has 0 N–H and O–H groups in total. The third-order valence-electron chi connectivity index (χ3n) is 10.3. The number of hydrogen-bond donors (Lipinski definition) is 0. The van der Waals surface area contributed by atoms with Gasteiger partial charge >= 0.3 is 0 Å². The van der Waals surface area contributed by atoms with Crippen LogP contribution in [0.1, 0.15) is 0 Å². The number of hydrogen-bond acceptors (Lipinski definition) is 6. The molecule has 0 spiro atoms. The molecule has 10 rings (SSSR count). The first kappa shape index (κ1) is 36.1. The minimum Gasteiger partial charge on any atom is -0.228 e. The van der Waals surface area contributed by atoms with E-state index < -0.39 is 0 Å². The van der Waals surface area contributed by atoms with E-state index in [1.807, 2.05) is 109 Å². The molecule has 3 heterocycles. The van der Waals surface area contributed by atoms with Gasteiger partial charge < -0.3 is 0 Å². The van der Waals surface area contributed by atoms with Gasteiger partial charge in [0.15, 0.2) is 17.5 Å². The molecule has 0 saturated heterocycles. The van der Waals surface area contributed by atoms with Gasteiger partial charge in [0.1, 0.15) is 0 Å². The average Bonchev–Trinajstić information content (AvgIpc) is 3.35. The summed E-state index contributed by atoms with van der Waals surface area (Å²) in [5.41, 5.74) is 13.2. The molecule has 60 heavy (non-hydrogen) atoms. The van der Waals surface area contributed by atoms with Crippen molar-refractivity contribution >= 4 is 0 Å². The molecule has 0 saturated carbocycles. The summed E-state index contributed by atoms with van der Waals surface area (Å²) in [4.78, 5) is 31.4. The lowest BCUT2D eigenvalue weighted by atomic mass is 10.0. The molecule has 3 aromatic heterocycles. The predicted octanol–water partition coefficient (Wildman–Crippen LogP) is 13.1. The highest BCUT2D eigenvalue weighted by Crippen LogP contribution is 2.36. The largest absolute Gasteiger partial charge is 0.228 e. The maximum atomic E-state index is 5.24. The van der Waals surface area contributed by atoms with Crippen LogP contribution < -0.4 is 0 Å². The first-order chi connectivity index (χ1) is 29.7. The summed E-state index contributed by atoms with van der Waals surface area (Å²) >= 11 is 0. The van der Waals surface area contributed by atoms with E-state index in [0.29, 0.717) is 17.5 Å². The van der Waals surface area contributed by atoms with Crippen LogP contribution in [0.15, 0.2) is 218 Å². The topological polar surface area (TPSA) is 77.3 Å². The van der Waals surface area contributed by atoms with Gasteiger partial charge in [0.25, 0.3) is 0 Å². The van der Waals surface area contributed by atoms with E-state index in [1.165, 1.54) is 0 Å². The Kier molecular flexibility index (Phi) is 9.84. The lowest BCUT2D eigenvalue weighted by Gasteiger charge is -2.14.